The van der Waals surface area contributed by atoms with E-state index in [1.165, 1.54) is 11.1 Å². The molecule has 272 valence electrons. The molecule has 1 N–H and O–H groups in total. The number of hydrogen-bond donors (Lipinski definition) is 1. The quantitative estimate of drug-likeness (QED) is 0.200. The predicted molar refractivity (Wildman–Crippen MR) is 201 cm³/mol. The molecule has 3 aliphatic heterocycles. The van der Waals surface area contributed by atoms with Crippen LogP contribution in [0.5, 0.6) is 5.75 Å². The second-order valence-electron chi connectivity index (χ2n) is 15.3. The molecule has 50 heavy (non-hydrogen) atoms. The van der Waals surface area contributed by atoms with Gasteiger partial charge in [-0.15, -0.1) is 0 Å². The Morgan fingerprint density at radius 3 is 2.74 bits per heavy atom. The maximum atomic E-state index is 13.9. The average molecular weight is 725 g/mol. The molecule has 1 saturated carbocycles. The molecule has 2 fully saturated rings. The van der Waals surface area contributed by atoms with Gasteiger partial charge in [-0.3, -0.25) is 9.52 Å². The lowest BCUT2D eigenvalue weighted by Gasteiger charge is -2.46. The van der Waals surface area contributed by atoms with Gasteiger partial charge in [0.2, 0.25) is 0 Å². The lowest BCUT2D eigenvalue weighted by molar-refractivity contribution is -0.172. The van der Waals surface area contributed by atoms with Crippen LogP contribution in [-0.4, -0.2) is 73.1 Å². The monoisotopic (exact) mass is 724 g/mol. The van der Waals surface area contributed by atoms with Gasteiger partial charge in [0.1, 0.15) is 5.75 Å². The Balaban J connectivity index is 1.21. The number of hydrogen-bond acceptors (Lipinski definition) is 7. The summed E-state index contributed by atoms with van der Waals surface area (Å²) in [4.78, 5) is 16.1. The van der Waals surface area contributed by atoms with Gasteiger partial charge in [-0.05, 0) is 130 Å². The highest BCUT2D eigenvalue weighted by molar-refractivity contribution is 7.99. The molecular formula is C40H53ClN2O6S. The molecular weight excluding hydrogens is 672 g/mol. The highest BCUT2D eigenvalue weighted by Gasteiger charge is 2.44. The minimum absolute atomic E-state index is 0.0365. The maximum Gasteiger partial charge on any atom is 0.262 e. The first-order valence-electron chi connectivity index (χ1n) is 18.6. The molecule has 2 bridgehead atoms. The summed E-state index contributed by atoms with van der Waals surface area (Å²) in [6.45, 7) is 7.86. The Bertz CT molecular complexity index is 1680. The van der Waals surface area contributed by atoms with Crippen LogP contribution in [0, 0.1) is 17.8 Å². The van der Waals surface area contributed by atoms with E-state index in [1.54, 1.807) is 6.07 Å². The Labute approximate surface area is 303 Å². The highest BCUT2D eigenvalue weighted by Crippen LogP contribution is 2.47. The summed E-state index contributed by atoms with van der Waals surface area (Å²) in [6.07, 6.45) is 13.3. The van der Waals surface area contributed by atoms with Crippen LogP contribution in [0.1, 0.15) is 86.7 Å². The van der Waals surface area contributed by atoms with Crippen molar-refractivity contribution in [2.24, 2.45) is 17.8 Å². The van der Waals surface area contributed by atoms with Crippen LogP contribution in [0.3, 0.4) is 0 Å². The Morgan fingerprint density at radius 2 is 1.94 bits per heavy atom. The van der Waals surface area contributed by atoms with Crippen molar-refractivity contribution in [3.8, 4) is 5.75 Å². The normalized spacial score (nSPS) is 35.1. The Kier molecular flexibility index (Phi) is 10.9. The number of aryl methyl sites for hydroxylation is 1. The first-order chi connectivity index (χ1) is 24.1. The number of nitrogens with one attached hydrogen (secondary N) is 1. The zero-order valence-electron chi connectivity index (χ0n) is 29.6. The molecule has 7 rings (SSSR count). The average Bonchev–Trinajstić information content (AvgIpc) is 3.24. The van der Waals surface area contributed by atoms with Crippen LogP contribution in [0.4, 0.5) is 5.69 Å². The van der Waals surface area contributed by atoms with E-state index in [0.29, 0.717) is 43.6 Å². The summed E-state index contributed by atoms with van der Waals surface area (Å²) in [7, 11) is -2.94. The predicted octanol–water partition coefficient (Wildman–Crippen LogP) is 7.11. The van der Waals surface area contributed by atoms with E-state index < -0.39 is 9.71 Å². The lowest BCUT2D eigenvalue weighted by atomic mass is 9.68. The van der Waals surface area contributed by atoms with E-state index in [1.807, 2.05) is 25.1 Å². The van der Waals surface area contributed by atoms with Gasteiger partial charge in [-0.25, -0.2) is 4.21 Å². The topological polar surface area (TPSA) is 86.3 Å². The summed E-state index contributed by atoms with van der Waals surface area (Å²) >= 11 is 6.48. The summed E-state index contributed by atoms with van der Waals surface area (Å²) < 4.78 is 41.8. The second-order valence-corrected chi connectivity index (χ2v) is 18.1. The van der Waals surface area contributed by atoms with Crippen LogP contribution in [0.2, 0.25) is 5.02 Å². The van der Waals surface area contributed by atoms with Gasteiger partial charge in [0.15, 0.2) is 6.29 Å². The highest BCUT2D eigenvalue weighted by atomic mass is 35.5. The zero-order chi connectivity index (χ0) is 34.9. The first-order valence-corrected chi connectivity index (χ1v) is 20.8. The number of carbonyl (C=O) groups is 1. The molecule has 8 atom stereocenters. The van der Waals surface area contributed by atoms with Crippen molar-refractivity contribution < 1.29 is 28.0 Å². The van der Waals surface area contributed by atoms with Crippen molar-refractivity contribution in [2.45, 2.75) is 94.7 Å². The molecule has 5 aliphatic rings. The van der Waals surface area contributed by atoms with Crippen LogP contribution < -0.4 is 14.4 Å². The first kappa shape index (κ1) is 35.8. The molecule has 1 spiro atoms. The molecule has 0 aromatic heterocycles. The van der Waals surface area contributed by atoms with Crippen molar-refractivity contribution in [1.82, 2.24) is 4.72 Å². The number of anilines is 1. The number of benzene rings is 2. The van der Waals surface area contributed by atoms with Gasteiger partial charge in [0.25, 0.3) is 5.91 Å². The van der Waals surface area contributed by atoms with E-state index in [2.05, 4.69) is 46.7 Å². The number of fused-ring (bicyclic) bond motifs is 4. The third kappa shape index (κ3) is 7.63. The zero-order valence-corrected chi connectivity index (χ0v) is 31.2. The van der Waals surface area contributed by atoms with E-state index in [-0.39, 0.29) is 34.9 Å². The SMILES string of the molecule is C=S1(=O)NC(=O)c2ccc3c(c2)N(C[C@@H]2CC[C@H]2[C@@H](OCCO[C@@H]2CCCCO2)/C=C/C[C@H](C)[C@H]1C)C[C@@]1(CCCc2cc(Cl)ccc21)CO3. The summed E-state index contributed by atoms with van der Waals surface area (Å²) in [5.74, 6) is 5.19. The number of ether oxygens (including phenoxy) is 4. The van der Waals surface area contributed by atoms with Crippen molar-refractivity contribution in [3.05, 3.63) is 70.3 Å². The van der Waals surface area contributed by atoms with Gasteiger partial charge in [0, 0.05) is 40.9 Å². The van der Waals surface area contributed by atoms with Crippen molar-refractivity contribution >= 4 is 38.8 Å². The molecule has 1 saturated heterocycles. The minimum atomic E-state index is -2.94. The fraction of sp³-hybridized carbons (Fsp3) is 0.600. The number of allylic oxidation sites excluding steroid dienone is 1. The maximum absolute atomic E-state index is 13.9. The minimum Gasteiger partial charge on any atom is -0.490 e. The fourth-order valence-electron chi connectivity index (χ4n) is 8.62. The van der Waals surface area contributed by atoms with Crippen molar-refractivity contribution in [3.63, 3.8) is 0 Å². The largest absolute Gasteiger partial charge is 0.490 e. The second kappa shape index (κ2) is 15.2. The van der Waals surface area contributed by atoms with E-state index >= 15 is 0 Å². The summed E-state index contributed by atoms with van der Waals surface area (Å²) in [6, 6.07) is 11.9. The van der Waals surface area contributed by atoms with E-state index in [0.717, 1.165) is 87.5 Å². The molecule has 2 aromatic carbocycles. The third-order valence-corrected chi connectivity index (χ3v) is 14.4. The van der Waals surface area contributed by atoms with Crippen molar-refractivity contribution in [1.29, 1.82) is 0 Å². The molecule has 1 unspecified atom stereocenters. The summed E-state index contributed by atoms with van der Waals surface area (Å²) in [5.41, 5.74) is 3.74. The molecule has 2 aliphatic carbocycles. The molecule has 0 radical (unpaired) electrons. The van der Waals surface area contributed by atoms with Crippen molar-refractivity contribution in [2.75, 3.05) is 44.4 Å². The number of nitrogens with zero attached hydrogens (tertiary/aromatic N) is 1. The van der Waals surface area contributed by atoms with Crippen LogP contribution >= 0.6 is 11.6 Å². The fourth-order valence-corrected chi connectivity index (χ4v) is 10.3. The smallest absolute Gasteiger partial charge is 0.262 e. The van der Waals surface area contributed by atoms with Gasteiger partial charge < -0.3 is 23.8 Å². The molecule has 8 nitrogen and oxygen atoms in total. The van der Waals surface area contributed by atoms with Gasteiger partial charge in [-0.1, -0.05) is 36.7 Å². The molecule has 2 aromatic rings. The number of halogens is 1. The van der Waals surface area contributed by atoms with Gasteiger partial charge in [-0.2, -0.15) is 0 Å². The van der Waals surface area contributed by atoms with Gasteiger partial charge in [0.05, 0.1) is 41.3 Å². The third-order valence-electron chi connectivity index (χ3n) is 12.0. The van der Waals surface area contributed by atoms with Crippen LogP contribution in [-0.2, 0) is 35.8 Å². The van der Waals surface area contributed by atoms with Gasteiger partial charge >= 0.3 is 0 Å². The van der Waals surface area contributed by atoms with E-state index in [4.69, 9.17) is 30.5 Å². The number of rotatable bonds is 5. The Hall–Kier alpha value is -2.56. The van der Waals surface area contributed by atoms with Crippen LogP contribution in [0.15, 0.2) is 48.6 Å². The molecule has 3 heterocycles. The Morgan fingerprint density at radius 1 is 1.08 bits per heavy atom. The standard InChI is InChI=1S/C40H53ClN2O6S/c1-27-8-6-10-36(46-20-21-48-38-11-4-5-19-47-38)33-15-12-31(33)24-43-25-40(18-7-9-29-22-32(41)14-16-34(29)40)26-49-37-17-13-30(23-35(37)43)39(44)42-50(3,45)28(27)2/h6,10,13-14,16-17,22-23,27-28,31,33,36,38H,3-5,7-9,11-12,15,18-21,24-26H2,1-2H3,(H,42,44,45)/b10-6+/t27-,28+,31-,33+,36-,38+,40-,50?/m0/s1. The lowest BCUT2D eigenvalue weighted by Crippen LogP contribution is -2.49. The number of amides is 1. The summed E-state index contributed by atoms with van der Waals surface area (Å²) in [5, 5.41) is 0.433. The molecule has 1 amide bonds. The molecule has 10 heteroatoms. The van der Waals surface area contributed by atoms with Crippen LogP contribution in [0.25, 0.3) is 0 Å². The van der Waals surface area contributed by atoms with E-state index in [9.17, 15) is 9.00 Å². The number of carbonyl (C=O) groups excluding carboxylic acids is 1.